The number of aromatic nitrogens is 3. The minimum absolute atomic E-state index is 0.563. The summed E-state index contributed by atoms with van der Waals surface area (Å²) in [6, 6.07) is 0. The van der Waals surface area contributed by atoms with Gasteiger partial charge in [0.05, 0.1) is 5.69 Å². The SMILES string of the molecule is Cn1cc(CSC(C)(C)C(=O)O)nn1. The van der Waals surface area contributed by atoms with E-state index in [4.69, 9.17) is 5.11 Å². The van der Waals surface area contributed by atoms with Gasteiger partial charge in [0.15, 0.2) is 0 Å². The molecule has 78 valence electrons. The van der Waals surface area contributed by atoms with Crippen LogP contribution in [-0.2, 0) is 17.6 Å². The van der Waals surface area contributed by atoms with E-state index in [1.807, 2.05) is 0 Å². The van der Waals surface area contributed by atoms with Gasteiger partial charge in [-0.25, -0.2) is 0 Å². The van der Waals surface area contributed by atoms with E-state index in [-0.39, 0.29) is 0 Å². The predicted octanol–water partition coefficient (Wildman–Crippen LogP) is 0.911. The lowest BCUT2D eigenvalue weighted by atomic mass is 10.2. The van der Waals surface area contributed by atoms with E-state index in [2.05, 4.69) is 10.3 Å². The van der Waals surface area contributed by atoms with Gasteiger partial charge in [0.25, 0.3) is 0 Å². The van der Waals surface area contributed by atoms with Crippen molar-refractivity contribution in [1.82, 2.24) is 15.0 Å². The molecule has 1 N–H and O–H groups in total. The summed E-state index contributed by atoms with van der Waals surface area (Å²) >= 11 is 1.34. The number of carbonyl (C=O) groups is 1. The molecule has 0 atom stereocenters. The largest absolute Gasteiger partial charge is 0.480 e. The average Bonchev–Trinajstić information content (AvgIpc) is 2.48. The molecule has 0 radical (unpaired) electrons. The van der Waals surface area contributed by atoms with Crippen molar-refractivity contribution < 1.29 is 9.90 Å². The molecule has 1 heterocycles. The van der Waals surface area contributed by atoms with Crippen LogP contribution in [0.2, 0.25) is 0 Å². The Balaban J connectivity index is 2.52. The highest BCUT2D eigenvalue weighted by atomic mass is 32.2. The molecule has 0 aliphatic rings. The summed E-state index contributed by atoms with van der Waals surface area (Å²) in [6.45, 7) is 3.35. The van der Waals surface area contributed by atoms with E-state index < -0.39 is 10.7 Å². The zero-order valence-corrected chi connectivity index (χ0v) is 9.21. The highest BCUT2D eigenvalue weighted by Gasteiger charge is 2.27. The highest BCUT2D eigenvalue weighted by molar-refractivity contribution is 8.00. The van der Waals surface area contributed by atoms with Gasteiger partial charge in [-0.1, -0.05) is 5.21 Å². The van der Waals surface area contributed by atoms with Gasteiger partial charge in [-0.2, -0.15) is 0 Å². The number of hydrogen-bond donors (Lipinski definition) is 1. The minimum atomic E-state index is -0.814. The Morgan fingerprint density at radius 1 is 1.71 bits per heavy atom. The van der Waals surface area contributed by atoms with Gasteiger partial charge in [-0.3, -0.25) is 9.48 Å². The third-order valence-electron chi connectivity index (χ3n) is 1.75. The van der Waals surface area contributed by atoms with Crippen LogP contribution in [0.1, 0.15) is 19.5 Å². The van der Waals surface area contributed by atoms with Gasteiger partial charge in [0, 0.05) is 19.0 Å². The summed E-state index contributed by atoms with van der Waals surface area (Å²) in [5.74, 6) is -0.251. The Morgan fingerprint density at radius 3 is 2.79 bits per heavy atom. The van der Waals surface area contributed by atoms with Crippen molar-refractivity contribution in [1.29, 1.82) is 0 Å². The molecule has 1 rings (SSSR count). The Labute approximate surface area is 86.5 Å². The lowest BCUT2D eigenvalue weighted by molar-refractivity contribution is -0.138. The molecule has 0 aliphatic carbocycles. The second-order valence-electron chi connectivity index (χ2n) is 3.49. The fourth-order valence-corrected chi connectivity index (χ4v) is 1.54. The maximum absolute atomic E-state index is 10.8. The van der Waals surface area contributed by atoms with Crippen LogP contribution in [0.5, 0.6) is 0 Å². The normalized spacial score (nSPS) is 11.6. The lowest BCUT2D eigenvalue weighted by Crippen LogP contribution is -2.27. The number of thioether (sulfide) groups is 1. The van der Waals surface area contributed by atoms with E-state index in [0.717, 1.165) is 5.69 Å². The first-order valence-electron chi connectivity index (χ1n) is 4.14. The Hall–Kier alpha value is -1.04. The summed E-state index contributed by atoms with van der Waals surface area (Å²) in [4.78, 5) is 10.8. The van der Waals surface area contributed by atoms with Crippen LogP contribution in [0, 0.1) is 0 Å². The summed E-state index contributed by atoms with van der Waals surface area (Å²) in [5, 5.41) is 16.5. The summed E-state index contributed by atoms with van der Waals surface area (Å²) in [5.41, 5.74) is 0.798. The van der Waals surface area contributed by atoms with Gasteiger partial charge in [-0.15, -0.1) is 16.9 Å². The third kappa shape index (κ3) is 2.73. The fourth-order valence-electron chi connectivity index (χ4n) is 0.778. The lowest BCUT2D eigenvalue weighted by Gasteiger charge is -2.17. The smallest absolute Gasteiger partial charge is 0.319 e. The molecule has 0 aromatic carbocycles. The molecular formula is C8H13N3O2S. The average molecular weight is 215 g/mol. The van der Waals surface area contributed by atoms with Crippen LogP contribution < -0.4 is 0 Å². The molecular weight excluding hydrogens is 202 g/mol. The van der Waals surface area contributed by atoms with Crippen molar-refractivity contribution >= 4 is 17.7 Å². The topological polar surface area (TPSA) is 68.0 Å². The first-order chi connectivity index (χ1) is 6.42. The fraction of sp³-hybridized carbons (Fsp3) is 0.625. The zero-order chi connectivity index (χ0) is 10.8. The van der Waals surface area contributed by atoms with E-state index in [0.29, 0.717) is 5.75 Å². The van der Waals surface area contributed by atoms with Crippen LogP contribution in [-0.4, -0.2) is 30.8 Å². The van der Waals surface area contributed by atoms with Gasteiger partial charge in [0.1, 0.15) is 4.75 Å². The summed E-state index contributed by atoms with van der Waals surface area (Å²) in [7, 11) is 1.78. The van der Waals surface area contributed by atoms with E-state index in [9.17, 15) is 4.79 Å². The van der Waals surface area contributed by atoms with Crippen LogP contribution >= 0.6 is 11.8 Å². The second-order valence-corrected chi connectivity index (χ2v) is 5.09. The van der Waals surface area contributed by atoms with Crippen molar-refractivity contribution in [2.45, 2.75) is 24.3 Å². The number of carboxylic acids is 1. The van der Waals surface area contributed by atoms with Crippen LogP contribution in [0.25, 0.3) is 0 Å². The molecule has 1 aromatic heterocycles. The number of hydrogen-bond acceptors (Lipinski definition) is 4. The molecule has 0 fully saturated rings. The Morgan fingerprint density at radius 2 is 2.36 bits per heavy atom. The molecule has 5 nitrogen and oxygen atoms in total. The molecule has 0 amide bonds. The van der Waals surface area contributed by atoms with Gasteiger partial charge in [0.2, 0.25) is 0 Å². The summed E-state index contributed by atoms with van der Waals surface area (Å²) in [6.07, 6.45) is 1.78. The monoisotopic (exact) mass is 215 g/mol. The van der Waals surface area contributed by atoms with Crippen molar-refractivity contribution in [2.75, 3.05) is 0 Å². The first-order valence-corrected chi connectivity index (χ1v) is 5.13. The van der Waals surface area contributed by atoms with E-state index >= 15 is 0 Å². The Kier molecular flexibility index (Phi) is 3.15. The number of carboxylic acid groups (broad SMARTS) is 1. The third-order valence-corrected chi connectivity index (χ3v) is 3.08. The molecule has 0 unspecified atom stereocenters. The molecule has 0 bridgehead atoms. The molecule has 1 aromatic rings. The van der Waals surface area contributed by atoms with Crippen molar-refractivity contribution in [3.63, 3.8) is 0 Å². The number of nitrogens with zero attached hydrogens (tertiary/aromatic N) is 3. The van der Waals surface area contributed by atoms with Crippen molar-refractivity contribution in [3.05, 3.63) is 11.9 Å². The quantitative estimate of drug-likeness (QED) is 0.808. The molecule has 0 aliphatic heterocycles. The molecule has 14 heavy (non-hydrogen) atoms. The van der Waals surface area contributed by atoms with Crippen molar-refractivity contribution in [2.24, 2.45) is 7.05 Å². The number of aryl methyl sites for hydroxylation is 1. The van der Waals surface area contributed by atoms with E-state index in [1.54, 1.807) is 31.8 Å². The Bertz CT molecular complexity index is 335. The maximum atomic E-state index is 10.8. The number of rotatable bonds is 4. The van der Waals surface area contributed by atoms with Crippen LogP contribution in [0.4, 0.5) is 0 Å². The minimum Gasteiger partial charge on any atom is -0.480 e. The van der Waals surface area contributed by atoms with E-state index in [1.165, 1.54) is 11.8 Å². The molecule has 0 saturated heterocycles. The summed E-state index contributed by atoms with van der Waals surface area (Å²) < 4.78 is 0.821. The van der Waals surface area contributed by atoms with Gasteiger partial charge >= 0.3 is 5.97 Å². The zero-order valence-electron chi connectivity index (χ0n) is 8.39. The molecule has 6 heteroatoms. The molecule has 0 saturated carbocycles. The first kappa shape index (κ1) is 11.0. The highest BCUT2D eigenvalue weighted by Crippen LogP contribution is 2.27. The van der Waals surface area contributed by atoms with Crippen LogP contribution in [0.15, 0.2) is 6.20 Å². The standard InChI is InChI=1S/C8H13N3O2S/c1-8(2,7(12)13)14-5-6-4-11(3)10-9-6/h4H,5H2,1-3H3,(H,12,13). The second kappa shape index (κ2) is 4.00. The number of aliphatic carboxylic acids is 1. The van der Waals surface area contributed by atoms with Gasteiger partial charge in [-0.05, 0) is 13.8 Å². The molecule has 0 spiro atoms. The van der Waals surface area contributed by atoms with Crippen molar-refractivity contribution in [3.8, 4) is 0 Å². The maximum Gasteiger partial charge on any atom is 0.319 e. The van der Waals surface area contributed by atoms with Gasteiger partial charge < -0.3 is 5.11 Å². The van der Waals surface area contributed by atoms with Crippen LogP contribution in [0.3, 0.4) is 0 Å². The predicted molar refractivity (Wildman–Crippen MR) is 54.0 cm³/mol.